The van der Waals surface area contributed by atoms with Gasteiger partial charge < -0.3 is 5.73 Å². The molecule has 0 amide bonds. The van der Waals surface area contributed by atoms with Crippen LogP contribution in [0.25, 0.3) is 0 Å². The average molecular weight is 255 g/mol. The maximum atomic E-state index is 11.5. The van der Waals surface area contributed by atoms with Crippen molar-refractivity contribution < 1.29 is 0 Å². The normalized spacial score (nSPS) is 14.6. The van der Waals surface area contributed by atoms with E-state index in [0.29, 0.717) is 17.3 Å². The molecule has 1 heterocycles. The Kier molecular flexibility index (Phi) is 4.37. The number of aromatic amines is 1. The highest BCUT2D eigenvalue weighted by Crippen LogP contribution is 2.19. The van der Waals surface area contributed by atoms with Crippen molar-refractivity contribution in [2.75, 3.05) is 5.75 Å². The molecule has 0 saturated carbocycles. The van der Waals surface area contributed by atoms with E-state index in [1.807, 2.05) is 19.9 Å². The van der Waals surface area contributed by atoms with Gasteiger partial charge in [-0.2, -0.15) is 5.26 Å². The molecule has 0 bridgehead atoms. The van der Waals surface area contributed by atoms with Crippen molar-refractivity contribution in [1.82, 2.24) is 14.8 Å². The number of hydrogen-bond acceptors (Lipinski definition) is 5. The summed E-state index contributed by atoms with van der Waals surface area (Å²) < 4.78 is 1.59. The molecule has 6 nitrogen and oxygen atoms in total. The van der Waals surface area contributed by atoms with Crippen molar-refractivity contribution in [3.05, 3.63) is 10.5 Å². The molecule has 1 unspecified atom stereocenters. The van der Waals surface area contributed by atoms with E-state index in [4.69, 9.17) is 11.0 Å². The summed E-state index contributed by atoms with van der Waals surface area (Å²) in [7, 11) is 0. The van der Waals surface area contributed by atoms with Gasteiger partial charge in [0.15, 0.2) is 5.16 Å². The van der Waals surface area contributed by atoms with Gasteiger partial charge in [0.1, 0.15) is 5.54 Å². The minimum atomic E-state index is -0.827. The van der Waals surface area contributed by atoms with Crippen molar-refractivity contribution in [2.24, 2.45) is 5.73 Å². The van der Waals surface area contributed by atoms with Gasteiger partial charge in [-0.15, -0.1) is 5.10 Å². The molecule has 0 aliphatic heterocycles. The van der Waals surface area contributed by atoms with Crippen molar-refractivity contribution in [3.8, 4) is 6.07 Å². The van der Waals surface area contributed by atoms with Gasteiger partial charge in [-0.05, 0) is 27.2 Å². The fourth-order valence-electron chi connectivity index (χ4n) is 1.26. The van der Waals surface area contributed by atoms with E-state index >= 15 is 0 Å². The smallest absolute Gasteiger partial charge is 0.314 e. The molecule has 0 saturated heterocycles. The van der Waals surface area contributed by atoms with Crippen molar-refractivity contribution >= 4 is 11.8 Å². The Bertz CT molecular complexity index is 468. The second kappa shape index (κ2) is 5.38. The van der Waals surface area contributed by atoms with E-state index in [1.54, 1.807) is 11.5 Å². The second-order valence-corrected chi connectivity index (χ2v) is 5.46. The Balaban J connectivity index is 2.66. The third-order valence-electron chi connectivity index (χ3n) is 2.30. The molecular weight excluding hydrogens is 238 g/mol. The first-order valence-electron chi connectivity index (χ1n) is 5.37. The third kappa shape index (κ3) is 3.61. The predicted molar refractivity (Wildman–Crippen MR) is 66.8 cm³/mol. The summed E-state index contributed by atoms with van der Waals surface area (Å²) in [6.45, 7) is 5.53. The molecule has 0 aliphatic rings. The average Bonchev–Trinajstić information content (AvgIpc) is 2.59. The molecule has 1 rings (SSSR count). The van der Waals surface area contributed by atoms with Crippen LogP contribution in [0.1, 0.15) is 33.2 Å². The highest BCUT2D eigenvalue weighted by molar-refractivity contribution is 7.99. The number of rotatable bonds is 5. The number of nitrogens with one attached hydrogen (secondary N) is 1. The fraction of sp³-hybridized carbons (Fsp3) is 0.700. The lowest BCUT2D eigenvalue weighted by Gasteiger charge is -2.14. The monoisotopic (exact) mass is 255 g/mol. The number of hydrogen-bond donors (Lipinski definition) is 2. The molecule has 0 aliphatic carbocycles. The number of aromatic nitrogens is 3. The lowest BCUT2D eigenvalue weighted by atomic mass is 10.0. The molecule has 7 heteroatoms. The van der Waals surface area contributed by atoms with E-state index in [9.17, 15) is 4.79 Å². The molecular formula is C10H17N5OS. The Morgan fingerprint density at radius 2 is 2.35 bits per heavy atom. The molecule has 0 radical (unpaired) electrons. The van der Waals surface area contributed by atoms with E-state index < -0.39 is 5.54 Å². The highest BCUT2D eigenvalue weighted by Gasteiger charge is 2.18. The van der Waals surface area contributed by atoms with E-state index in [1.165, 1.54) is 11.8 Å². The van der Waals surface area contributed by atoms with Gasteiger partial charge in [0.25, 0.3) is 0 Å². The van der Waals surface area contributed by atoms with Crippen LogP contribution in [0.4, 0.5) is 0 Å². The molecule has 1 aromatic heterocycles. The first kappa shape index (κ1) is 13.8. The quantitative estimate of drug-likeness (QED) is 0.760. The van der Waals surface area contributed by atoms with Gasteiger partial charge in [-0.1, -0.05) is 11.8 Å². The summed E-state index contributed by atoms with van der Waals surface area (Å²) in [6, 6.07) is 2.10. The molecule has 94 valence electrons. The van der Waals surface area contributed by atoms with Crippen LogP contribution in [0.2, 0.25) is 0 Å². The predicted octanol–water partition coefficient (Wildman–Crippen LogP) is 0.875. The standard InChI is InChI=1S/C10H17N5OS/c1-7(2)15-8(16)13-14-9(15)17-5-4-10(3,12)6-11/h7H,4-5,12H2,1-3H3,(H,13,16). The zero-order valence-corrected chi connectivity index (χ0v) is 11.0. The van der Waals surface area contributed by atoms with Crippen LogP contribution in [-0.2, 0) is 0 Å². The van der Waals surface area contributed by atoms with Crippen molar-refractivity contribution in [3.63, 3.8) is 0 Å². The van der Waals surface area contributed by atoms with Crippen LogP contribution in [0.5, 0.6) is 0 Å². The number of nitriles is 1. The zero-order valence-electron chi connectivity index (χ0n) is 10.2. The van der Waals surface area contributed by atoms with E-state index in [0.717, 1.165) is 0 Å². The second-order valence-electron chi connectivity index (χ2n) is 4.40. The van der Waals surface area contributed by atoms with Crippen molar-refractivity contribution in [1.29, 1.82) is 5.26 Å². The number of nitrogens with zero attached hydrogens (tertiary/aromatic N) is 3. The summed E-state index contributed by atoms with van der Waals surface area (Å²) in [6.07, 6.45) is 0.549. The van der Waals surface area contributed by atoms with Crippen LogP contribution in [-0.4, -0.2) is 26.1 Å². The molecule has 17 heavy (non-hydrogen) atoms. The Labute approximate surface area is 104 Å². The van der Waals surface area contributed by atoms with Crippen LogP contribution >= 0.6 is 11.8 Å². The van der Waals surface area contributed by atoms with Gasteiger partial charge in [0.05, 0.1) is 6.07 Å². The van der Waals surface area contributed by atoms with E-state index in [2.05, 4.69) is 10.2 Å². The van der Waals surface area contributed by atoms with Gasteiger partial charge in [0, 0.05) is 11.8 Å². The maximum absolute atomic E-state index is 11.5. The summed E-state index contributed by atoms with van der Waals surface area (Å²) in [4.78, 5) is 11.5. The van der Waals surface area contributed by atoms with Crippen LogP contribution in [0.15, 0.2) is 9.95 Å². The maximum Gasteiger partial charge on any atom is 0.344 e. The largest absolute Gasteiger partial charge is 0.344 e. The molecule has 0 spiro atoms. The lowest BCUT2D eigenvalue weighted by molar-refractivity contribution is 0.532. The zero-order chi connectivity index (χ0) is 13.1. The van der Waals surface area contributed by atoms with Gasteiger partial charge in [-0.3, -0.25) is 4.57 Å². The Morgan fingerprint density at radius 1 is 1.71 bits per heavy atom. The van der Waals surface area contributed by atoms with Gasteiger partial charge in [-0.25, -0.2) is 9.89 Å². The lowest BCUT2D eigenvalue weighted by Crippen LogP contribution is -2.34. The highest BCUT2D eigenvalue weighted by atomic mass is 32.2. The number of nitrogens with two attached hydrogens (primary N) is 1. The summed E-state index contributed by atoms with van der Waals surface area (Å²) in [5, 5.41) is 15.8. The molecule has 3 N–H and O–H groups in total. The molecule has 0 aromatic carbocycles. The molecule has 1 aromatic rings. The molecule has 0 fully saturated rings. The van der Waals surface area contributed by atoms with Crippen LogP contribution in [0, 0.1) is 11.3 Å². The topological polar surface area (TPSA) is 100 Å². The Hall–Kier alpha value is -1.26. The van der Waals surface area contributed by atoms with E-state index in [-0.39, 0.29) is 11.7 Å². The summed E-state index contributed by atoms with van der Waals surface area (Å²) >= 11 is 1.43. The van der Waals surface area contributed by atoms with Gasteiger partial charge >= 0.3 is 5.69 Å². The van der Waals surface area contributed by atoms with Crippen molar-refractivity contribution in [2.45, 2.75) is 43.9 Å². The summed E-state index contributed by atoms with van der Waals surface area (Å²) in [5.74, 6) is 0.650. The third-order valence-corrected chi connectivity index (χ3v) is 3.25. The van der Waals surface area contributed by atoms with Crippen LogP contribution < -0.4 is 11.4 Å². The molecule has 1 atom stereocenters. The van der Waals surface area contributed by atoms with Crippen LogP contribution in [0.3, 0.4) is 0 Å². The summed E-state index contributed by atoms with van der Waals surface area (Å²) in [5.41, 5.74) is 4.67. The first-order valence-corrected chi connectivity index (χ1v) is 6.36. The number of H-pyrrole nitrogens is 1. The first-order chi connectivity index (χ1) is 7.87. The Morgan fingerprint density at radius 3 is 2.88 bits per heavy atom. The fourth-order valence-corrected chi connectivity index (χ4v) is 2.51. The minimum absolute atomic E-state index is 0.0592. The number of thioether (sulfide) groups is 1. The SMILES string of the molecule is CC(C)n1c(SCCC(C)(N)C#N)n[nH]c1=O. The van der Waals surface area contributed by atoms with Gasteiger partial charge in [0.2, 0.25) is 0 Å². The minimum Gasteiger partial charge on any atom is -0.314 e.